The molecule has 4 N–H and O–H groups in total. The first-order valence-electron chi connectivity index (χ1n) is 6.33. The van der Waals surface area contributed by atoms with Gasteiger partial charge in [-0.05, 0) is 30.7 Å². The van der Waals surface area contributed by atoms with Crippen LogP contribution in [-0.2, 0) is 11.3 Å². The monoisotopic (exact) mass is 293 g/mol. The van der Waals surface area contributed by atoms with E-state index in [1.165, 1.54) is 23.0 Å². The second-order valence-electron chi connectivity index (χ2n) is 4.63. The largest absolute Gasteiger partial charge is 0.394 e. The van der Waals surface area contributed by atoms with Crippen LogP contribution in [0.1, 0.15) is 17.3 Å². The van der Waals surface area contributed by atoms with E-state index in [9.17, 15) is 9.18 Å². The first-order valence-corrected chi connectivity index (χ1v) is 6.33. The third-order valence-corrected chi connectivity index (χ3v) is 2.82. The summed E-state index contributed by atoms with van der Waals surface area (Å²) in [6.07, 6.45) is 1.50. The van der Waals surface area contributed by atoms with Gasteiger partial charge < -0.3 is 16.2 Å². The van der Waals surface area contributed by atoms with Crippen LogP contribution in [-0.4, -0.2) is 32.6 Å². The molecule has 0 saturated carbocycles. The van der Waals surface area contributed by atoms with Gasteiger partial charge >= 0.3 is 0 Å². The van der Waals surface area contributed by atoms with Gasteiger partial charge in [0.25, 0.3) is 0 Å². The molecule has 1 aromatic heterocycles. The van der Waals surface area contributed by atoms with E-state index in [1.807, 2.05) is 0 Å². The predicted molar refractivity (Wildman–Crippen MR) is 73.8 cm³/mol. The summed E-state index contributed by atoms with van der Waals surface area (Å²) in [6, 6.07) is 3.40. The highest BCUT2D eigenvalue weighted by atomic mass is 19.1. The molecule has 0 aliphatic rings. The summed E-state index contributed by atoms with van der Waals surface area (Å²) >= 11 is 0. The van der Waals surface area contributed by atoms with Gasteiger partial charge in [-0.15, -0.1) is 5.10 Å². The number of aliphatic hydroxyl groups is 1. The summed E-state index contributed by atoms with van der Waals surface area (Å²) in [5, 5.41) is 19.3. The zero-order chi connectivity index (χ0) is 15.4. The predicted octanol–water partition coefficient (Wildman–Crippen LogP) is 0.356. The third-order valence-electron chi connectivity index (χ3n) is 2.82. The standard InChI is InChI=1S/C13H16FN5O2/c1-8-4-9(14)6-10(5-8)16-12(13(15)21)11-7-19(2-3-20)18-17-11/h4-7,12,16,20H,2-3H2,1H3,(H2,15,21). The molecule has 8 heteroatoms. The van der Waals surface area contributed by atoms with Crippen molar-refractivity contribution in [1.82, 2.24) is 15.0 Å². The number of primary amides is 1. The number of nitrogens with two attached hydrogens (primary N) is 1. The van der Waals surface area contributed by atoms with Crippen LogP contribution in [0.15, 0.2) is 24.4 Å². The second kappa shape index (κ2) is 6.31. The lowest BCUT2D eigenvalue weighted by molar-refractivity contribution is -0.118. The highest BCUT2D eigenvalue weighted by Crippen LogP contribution is 2.20. The van der Waals surface area contributed by atoms with Crippen LogP contribution < -0.4 is 11.1 Å². The van der Waals surface area contributed by atoms with Crippen LogP contribution in [0.25, 0.3) is 0 Å². The number of nitrogens with one attached hydrogen (secondary N) is 1. The molecule has 0 fully saturated rings. The number of aliphatic hydroxyl groups excluding tert-OH is 1. The number of benzene rings is 1. The minimum absolute atomic E-state index is 0.0967. The van der Waals surface area contributed by atoms with E-state index in [0.29, 0.717) is 16.9 Å². The Morgan fingerprint density at radius 3 is 2.90 bits per heavy atom. The average molecular weight is 293 g/mol. The van der Waals surface area contributed by atoms with Crippen molar-refractivity contribution in [3.8, 4) is 0 Å². The Hall–Kier alpha value is -2.48. The van der Waals surface area contributed by atoms with E-state index in [2.05, 4.69) is 15.6 Å². The maximum atomic E-state index is 13.4. The molecule has 1 aromatic carbocycles. The molecule has 0 aliphatic carbocycles. The summed E-state index contributed by atoms with van der Waals surface area (Å²) in [7, 11) is 0. The van der Waals surface area contributed by atoms with E-state index in [1.54, 1.807) is 13.0 Å². The lowest BCUT2D eigenvalue weighted by atomic mass is 10.1. The smallest absolute Gasteiger partial charge is 0.246 e. The lowest BCUT2D eigenvalue weighted by Gasteiger charge is -2.14. The molecule has 1 atom stereocenters. The normalized spacial score (nSPS) is 12.1. The maximum absolute atomic E-state index is 13.4. The fraction of sp³-hybridized carbons (Fsp3) is 0.308. The summed E-state index contributed by atoms with van der Waals surface area (Å²) in [5.41, 5.74) is 6.79. The first kappa shape index (κ1) is 14.9. The van der Waals surface area contributed by atoms with Crippen LogP contribution in [0.4, 0.5) is 10.1 Å². The molecule has 0 spiro atoms. The van der Waals surface area contributed by atoms with Crippen molar-refractivity contribution in [2.75, 3.05) is 11.9 Å². The molecule has 2 rings (SSSR count). The third kappa shape index (κ3) is 3.76. The molecule has 7 nitrogen and oxygen atoms in total. The molecular formula is C13H16FN5O2. The fourth-order valence-corrected chi connectivity index (χ4v) is 1.93. The Morgan fingerprint density at radius 2 is 2.29 bits per heavy atom. The van der Waals surface area contributed by atoms with Crippen molar-refractivity contribution >= 4 is 11.6 Å². The Labute approximate surface area is 120 Å². The zero-order valence-corrected chi connectivity index (χ0v) is 11.5. The number of nitrogens with zero attached hydrogens (tertiary/aromatic N) is 3. The number of rotatable bonds is 6. The molecule has 112 valence electrons. The van der Waals surface area contributed by atoms with Crippen molar-refractivity contribution < 1.29 is 14.3 Å². The van der Waals surface area contributed by atoms with Crippen LogP contribution in [0.5, 0.6) is 0 Å². The molecule has 0 radical (unpaired) electrons. The van der Waals surface area contributed by atoms with Gasteiger partial charge in [-0.1, -0.05) is 5.21 Å². The first-order chi connectivity index (χ1) is 9.99. The molecule has 2 aromatic rings. The summed E-state index contributed by atoms with van der Waals surface area (Å²) in [6.45, 7) is 1.91. The van der Waals surface area contributed by atoms with Crippen molar-refractivity contribution in [2.24, 2.45) is 5.73 Å². The van der Waals surface area contributed by atoms with Crippen LogP contribution in [0.3, 0.4) is 0 Å². The van der Waals surface area contributed by atoms with Crippen LogP contribution in [0.2, 0.25) is 0 Å². The van der Waals surface area contributed by atoms with Gasteiger partial charge in [0.1, 0.15) is 11.5 Å². The summed E-state index contributed by atoms with van der Waals surface area (Å²) in [4.78, 5) is 11.6. The van der Waals surface area contributed by atoms with Crippen molar-refractivity contribution in [3.05, 3.63) is 41.5 Å². The fourth-order valence-electron chi connectivity index (χ4n) is 1.93. The Kier molecular flexibility index (Phi) is 4.49. The van der Waals surface area contributed by atoms with Crippen LogP contribution >= 0.6 is 0 Å². The number of carbonyl (C=O) groups is 1. The molecule has 0 bridgehead atoms. The highest BCUT2D eigenvalue weighted by Gasteiger charge is 2.21. The molecule has 0 aliphatic heterocycles. The minimum atomic E-state index is -0.932. The van der Waals surface area contributed by atoms with Gasteiger partial charge in [-0.2, -0.15) is 0 Å². The SMILES string of the molecule is Cc1cc(F)cc(NC(C(N)=O)c2cn(CCO)nn2)c1. The van der Waals surface area contributed by atoms with Gasteiger partial charge in [0.05, 0.1) is 19.3 Å². The van der Waals surface area contributed by atoms with Gasteiger partial charge in [-0.3, -0.25) is 4.79 Å². The molecule has 1 amide bonds. The van der Waals surface area contributed by atoms with Gasteiger partial charge in [0, 0.05) is 5.69 Å². The van der Waals surface area contributed by atoms with E-state index < -0.39 is 17.8 Å². The van der Waals surface area contributed by atoms with Crippen molar-refractivity contribution in [1.29, 1.82) is 0 Å². The van der Waals surface area contributed by atoms with E-state index in [4.69, 9.17) is 10.8 Å². The van der Waals surface area contributed by atoms with Crippen LogP contribution in [0, 0.1) is 12.7 Å². The minimum Gasteiger partial charge on any atom is -0.394 e. The number of anilines is 1. The molecule has 0 saturated heterocycles. The second-order valence-corrected chi connectivity index (χ2v) is 4.63. The summed E-state index contributed by atoms with van der Waals surface area (Å²) in [5.74, 6) is -1.07. The Morgan fingerprint density at radius 1 is 1.52 bits per heavy atom. The van der Waals surface area contributed by atoms with Gasteiger partial charge in [0.2, 0.25) is 5.91 Å². The van der Waals surface area contributed by atoms with Crippen molar-refractivity contribution in [2.45, 2.75) is 19.5 Å². The Bertz CT molecular complexity index is 623. The van der Waals surface area contributed by atoms with E-state index >= 15 is 0 Å². The number of aryl methyl sites for hydroxylation is 1. The van der Waals surface area contributed by atoms with Crippen molar-refractivity contribution in [3.63, 3.8) is 0 Å². The number of halogens is 1. The average Bonchev–Trinajstić information content (AvgIpc) is 2.83. The van der Waals surface area contributed by atoms with E-state index in [-0.39, 0.29) is 13.2 Å². The molecule has 21 heavy (non-hydrogen) atoms. The van der Waals surface area contributed by atoms with Gasteiger partial charge in [0.15, 0.2) is 6.04 Å². The Balaban J connectivity index is 2.24. The number of amides is 1. The highest BCUT2D eigenvalue weighted by molar-refractivity contribution is 5.83. The number of hydrogen-bond donors (Lipinski definition) is 3. The number of hydrogen-bond acceptors (Lipinski definition) is 5. The lowest BCUT2D eigenvalue weighted by Crippen LogP contribution is -2.28. The molecule has 1 heterocycles. The zero-order valence-electron chi connectivity index (χ0n) is 11.5. The molecular weight excluding hydrogens is 277 g/mol. The maximum Gasteiger partial charge on any atom is 0.246 e. The van der Waals surface area contributed by atoms with E-state index in [0.717, 1.165) is 0 Å². The number of aromatic nitrogens is 3. The van der Waals surface area contributed by atoms with Gasteiger partial charge in [-0.25, -0.2) is 9.07 Å². The summed E-state index contributed by atoms with van der Waals surface area (Å²) < 4.78 is 14.8. The number of carbonyl (C=O) groups excluding carboxylic acids is 1. The molecule has 1 unspecified atom stereocenters. The topological polar surface area (TPSA) is 106 Å². The quantitative estimate of drug-likeness (QED) is 0.713.